The van der Waals surface area contributed by atoms with Gasteiger partial charge in [-0.1, -0.05) is 38.8 Å². The molecule has 1 rings (SSSR count). The Balaban J connectivity index is 2.83. The van der Waals surface area contributed by atoms with E-state index < -0.39 is 9.84 Å². The molecule has 0 N–H and O–H groups in total. The van der Waals surface area contributed by atoms with Crippen molar-refractivity contribution in [3.63, 3.8) is 0 Å². The van der Waals surface area contributed by atoms with Crippen LogP contribution in [-0.4, -0.2) is 20.5 Å². The van der Waals surface area contributed by atoms with E-state index in [1.54, 1.807) is 12.1 Å². The zero-order chi connectivity index (χ0) is 13.8. The zero-order valence-corrected chi connectivity index (χ0v) is 12.0. The number of Topliss-reactive ketones (excluding diaryl/α,β-unsaturated/α-hetero) is 1. The van der Waals surface area contributed by atoms with Crippen molar-refractivity contribution in [2.24, 2.45) is 5.92 Å². The average molecular weight is 268 g/mol. The van der Waals surface area contributed by atoms with Crippen molar-refractivity contribution in [2.45, 2.75) is 38.0 Å². The van der Waals surface area contributed by atoms with Gasteiger partial charge in [-0.3, -0.25) is 4.79 Å². The second kappa shape index (κ2) is 6.14. The van der Waals surface area contributed by atoms with Gasteiger partial charge in [0.15, 0.2) is 15.6 Å². The number of ketones is 1. The van der Waals surface area contributed by atoms with Crippen molar-refractivity contribution in [1.82, 2.24) is 0 Å². The molecule has 0 radical (unpaired) electrons. The van der Waals surface area contributed by atoms with Crippen LogP contribution in [0.5, 0.6) is 0 Å². The Hall–Kier alpha value is -1.16. The molecule has 0 fully saturated rings. The summed E-state index contributed by atoms with van der Waals surface area (Å²) in [6.45, 7) is 4.16. The molecule has 1 aromatic rings. The summed E-state index contributed by atoms with van der Waals surface area (Å²) >= 11 is 0. The normalized spacial score (nSPS) is 11.8. The molecule has 0 aliphatic heterocycles. The Morgan fingerprint density at radius 1 is 1.11 bits per heavy atom. The Morgan fingerprint density at radius 2 is 1.61 bits per heavy atom. The van der Waals surface area contributed by atoms with Crippen LogP contribution in [-0.2, 0) is 9.84 Å². The number of benzene rings is 1. The summed E-state index contributed by atoms with van der Waals surface area (Å²) in [4.78, 5) is 12.2. The van der Waals surface area contributed by atoms with Gasteiger partial charge >= 0.3 is 0 Å². The Morgan fingerprint density at radius 3 is 2.00 bits per heavy atom. The number of hydrogen-bond donors (Lipinski definition) is 0. The highest BCUT2D eigenvalue weighted by Crippen LogP contribution is 2.17. The monoisotopic (exact) mass is 268 g/mol. The average Bonchev–Trinajstić information content (AvgIpc) is 2.34. The predicted octanol–water partition coefficient (Wildman–Crippen LogP) is 3.10. The molecule has 0 aliphatic rings. The molecular weight excluding hydrogens is 248 g/mol. The van der Waals surface area contributed by atoms with E-state index in [-0.39, 0.29) is 10.7 Å². The van der Waals surface area contributed by atoms with Crippen LogP contribution < -0.4 is 0 Å². The van der Waals surface area contributed by atoms with Crippen LogP contribution in [0.25, 0.3) is 0 Å². The first-order valence-electron chi connectivity index (χ1n) is 6.21. The molecule has 1 aromatic carbocycles. The molecule has 0 saturated heterocycles. The van der Waals surface area contributed by atoms with Crippen molar-refractivity contribution >= 4 is 15.6 Å². The summed E-state index contributed by atoms with van der Waals surface area (Å²) in [6, 6.07) is 6.19. The first-order chi connectivity index (χ1) is 8.38. The van der Waals surface area contributed by atoms with Crippen LogP contribution in [0.1, 0.15) is 43.5 Å². The fourth-order valence-corrected chi connectivity index (χ4v) is 2.48. The minimum Gasteiger partial charge on any atom is -0.294 e. The summed E-state index contributed by atoms with van der Waals surface area (Å²) < 4.78 is 22.6. The minimum absolute atomic E-state index is 0.0868. The van der Waals surface area contributed by atoms with Crippen molar-refractivity contribution in [3.05, 3.63) is 29.8 Å². The first-order valence-corrected chi connectivity index (χ1v) is 8.11. The van der Waals surface area contributed by atoms with Gasteiger partial charge in [0.2, 0.25) is 0 Å². The lowest BCUT2D eigenvalue weighted by Crippen LogP contribution is -2.08. The smallest absolute Gasteiger partial charge is 0.175 e. The van der Waals surface area contributed by atoms with E-state index in [4.69, 9.17) is 0 Å². The van der Waals surface area contributed by atoms with E-state index in [1.807, 2.05) is 0 Å². The van der Waals surface area contributed by atoms with Gasteiger partial charge in [0.05, 0.1) is 4.90 Å². The molecule has 100 valence electrons. The Bertz CT molecular complexity index is 496. The fourth-order valence-electron chi connectivity index (χ4n) is 1.85. The third-order valence-corrected chi connectivity index (χ3v) is 4.36. The van der Waals surface area contributed by atoms with Gasteiger partial charge in [-0.15, -0.1) is 0 Å². The van der Waals surface area contributed by atoms with Crippen molar-refractivity contribution in [1.29, 1.82) is 0 Å². The third kappa shape index (κ3) is 3.95. The van der Waals surface area contributed by atoms with E-state index in [2.05, 4.69) is 13.8 Å². The maximum atomic E-state index is 12.0. The van der Waals surface area contributed by atoms with Crippen LogP contribution in [0.2, 0.25) is 0 Å². The zero-order valence-electron chi connectivity index (χ0n) is 11.1. The lowest BCUT2D eigenvalue weighted by molar-refractivity contribution is 0.0958. The maximum absolute atomic E-state index is 12.0. The number of rotatable bonds is 6. The molecule has 0 unspecified atom stereocenters. The quantitative estimate of drug-likeness (QED) is 0.745. The molecule has 0 amide bonds. The summed E-state index contributed by atoms with van der Waals surface area (Å²) in [5, 5.41) is 0. The molecule has 0 atom stereocenters. The number of sulfone groups is 1. The van der Waals surface area contributed by atoms with Crippen LogP contribution in [0.4, 0.5) is 0 Å². The predicted molar refractivity (Wildman–Crippen MR) is 72.6 cm³/mol. The lowest BCUT2D eigenvalue weighted by Gasteiger charge is -2.11. The van der Waals surface area contributed by atoms with Gasteiger partial charge in [0, 0.05) is 18.2 Å². The van der Waals surface area contributed by atoms with E-state index in [0.29, 0.717) is 17.9 Å². The molecule has 0 bridgehead atoms. The molecule has 18 heavy (non-hydrogen) atoms. The van der Waals surface area contributed by atoms with Crippen LogP contribution in [0, 0.1) is 5.92 Å². The molecule has 0 aliphatic carbocycles. The summed E-state index contributed by atoms with van der Waals surface area (Å²) in [5.74, 6) is 0.496. The number of hydrogen-bond acceptors (Lipinski definition) is 3. The minimum atomic E-state index is -3.19. The summed E-state index contributed by atoms with van der Waals surface area (Å²) in [7, 11) is -3.19. The van der Waals surface area contributed by atoms with E-state index >= 15 is 0 Å². The number of carbonyl (C=O) groups excluding carboxylic acids is 1. The van der Waals surface area contributed by atoms with Gasteiger partial charge in [0.25, 0.3) is 0 Å². The first kappa shape index (κ1) is 14.9. The second-order valence-electron chi connectivity index (χ2n) is 4.61. The Labute approximate surface area is 109 Å². The second-order valence-corrected chi connectivity index (χ2v) is 6.62. The van der Waals surface area contributed by atoms with Gasteiger partial charge < -0.3 is 0 Å². The van der Waals surface area contributed by atoms with Crippen molar-refractivity contribution in [3.8, 4) is 0 Å². The Kier molecular flexibility index (Phi) is 5.08. The molecule has 4 heteroatoms. The molecule has 0 spiro atoms. The standard InChI is InChI=1S/C14H20O3S/c1-4-11(5-2)10-14(15)12-6-8-13(9-7-12)18(3,16)17/h6-9,11H,4-5,10H2,1-3H3. The summed E-state index contributed by atoms with van der Waals surface area (Å²) in [6.07, 6.45) is 3.67. The highest BCUT2D eigenvalue weighted by molar-refractivity contribution is 7.90. The van der Waals surface area contributed by atoms with Crippen LogP contribution in [0.3, 0.4) is 0 Å². The van der Waals surface area contributed by atoms with Crippen molar-refractivity contribution < 1.29 is 13.2 Å². The maximum Gasteiger partial charge on any atom is 0.175 e. The van der Waals surface area contributed by atoms with Crippen LogP contribution in [0.15, 0.2) is 29.2 Å². The molecule has 0 aromatic heterocycles. The fraction of sp³-hybridized carbons (Fsp3) is 0.500. The van der Waals surface area contributed by atoms with Crippen molar-refractivity contribution in [2.75, 3.05) is 6.26 Å². The molecule has 3 nitrogen and oxygen atoms in total. The van der Waals surface area contributed by atoms with Crippen LogP contribution >= 0.6 is 0 Å². The van der Waals surface area contributed by atoms with E-state index in [1.165, 1.54) is 12.1 Å². The van der Waals surface area contributed by atoms with E-state index in [0.717, 1.165) is 19.1 Å². The summed E-state index contributed by atoms with van der Waals surface area (Å²) in [5.41, 5.74) is 0.592. The molecule has 0 heterocycles. The van der Waals surface area contributed by atoms with Gasteiger partial charge in [-0.25, -0.2) is 8.42 Å². The highest BCUT2D eigenvalue weighted by Gasteiger charge is 2.13. The largest absolute Gasteiger partial charge is 0.294 e. The van der Waals surface area contributed by atoms with Gasteiger partial charge in [-0.05, 0) is 18.1 Å². The topological polar surface area (TPSA) is 51.2 Å². The molecular formula is C14H20O3S. The highest BCUT2D eigenvalue weighted by atomic mass is 32.2. The van der Waals surface area contributed by atoms with Gasteiger partial charge in [-0.2, -0.15) is 0 Å². The van der Waals surface area contributed by atoms with E-state index in [9.17, 15) is 13.2 Å². The lowest BCUT2D eigenvalue weighted by atomic mass is 9.94. The van der Waals surface area contributed by atoms with Gasteiger partial charge in [0.1, 0.15) is 0 Å². The number of carbonyl (C=O) groups is 1. The molecule has 0 saturated carbocycles. The SMILES string of the molecule is CCC(CC)CC(=O)c1ccc(S(C)(=O)=O)cc1. The third-order valence-electron chi connectivity index (χ3n) is 3.23.